The maximum atomic E-state index is 6.10. The van der Waals surface area contributed by atoms with Gasteiger partial charge < -0.3 is 15.0 Å². The van der Waals surface area contributed by atoms with Crippen LogP contribution in [0.5, 0.6) is 5.75 Å². The summed E-state index contributed by atoms with van der Waals surface area (Å²) in [4.78, 5) is 6.48. The van der Waals surface area contributed by atoms with Crippen molar-refractivity contribution in [3.63, 3.8) is 0 Å². The van der Waals surface area contributed by atoms with E-state index in [1.54, 1.807) is 7.05 Å². The van der Waals surface area contributed by atoms with Crippen LogP contribution in [0, 0.1) is 0 Å². The number of benzene rings is 1. The Labute approximate surface area is 149 Å². The second-order valence-electron chi connectivity index (χ2n) is 6.56. The first-order valence-electron chi connectivity index (χ1n) is 8.79. The molecule has 0 atom stereocenters. The Morgan fingerprint density at radius 1 is 1.40 bits per heavy atom. The van der Waals surface area contributed by atoms with Gasteiger partial charge in [0, 0.05) is 51.6 Å². The summed E-state index contributed by atoms with van der Waals surface area (Å²) < 4.78 is 7.91. The zero-order valence-corrected chi connectivity index (χ0v) is 15.3. The first-order chi connectivity index (χ1) is 12.2. The van der Waals surface area contributed by atoms with E-state index in [9.17, 15) is 0 Å². The highest BCUT2D eigenvalue weighted by atomic mass is 16.5. The van der Waals surface area contributed by atoms with Gasteiger partial charge in [0.2, 0.25) is 0 Å². The van der Waals surface area contributed by atoms with Gasteiger partial charge in [-0.2, -0.15) is 5.10 Å². The smallest absolute Gasteiger partial charge is 0.193 e. The van der Waals surface area contributed by atoms with Crippen LogP contribution in [0.2, 0.25) is 0 Å². The van der Waals surface area contributed by atoms with Crippen LogP contribution in [-0.2, 0) is 20.1 Å². The number of para-hydroxylation sites is 1. The molecule has 1 N–H and O–H groups in total. The van der Waals surface area contributed by atoms with E-state index in [2.05, 4.69) is 32.4 Å². The molecule has 1 aliphatic carbocycles. The Balaban J connectivity index is 1.59. The number of aryl methyl sites for hydroxylation is 1. The number of hydrogen-bond donors (Lipinski definition) is 1. The molecule has 1 saturated carbocycles. The highest BCUT2D eigenvalue weighted by Gasteiger charge is 2.20. The van der Waals surface area contributed by atoms with Crippen molar-refractivity contribution in [3.05, 3.63) is 47.8 Å². The van der Waals surface area contributed by atoms with Crippen LogP contribution in [0.3, 0.4) is 0 Å². The van der Waals surface area contributed by atoms with Gasteiger partial charge in [-0.05, 0) is 25.3 Å². The number of ether oxygens (including phenoxy) is 1. The largest absolute Gasteiger partial charge is 0.490 e. The molecule has 6 heteroatoms. The molecular weight excluding hydrogens is 314 g/mol. The van der Waals surface area contributed by atoms with Gasteiger partial charge in [-0.25, -0.2) is 0 Å². The molecule has 0 bridgehead atoms. The number of nitrogens with one attached hydrogen (secondary N) is 1. The summed E-state index contributed by atoms with van der Waals surface area (Å²) in [7, 11) is 5.76. The molecule has 0 amide bonds. The van der Waals surface area contributed by atoms with E-state index in [1.807, 2.05) is 43.3 Å². The minimum absolute atomic E-state index is 0.383. The third-order valence-electron chi connectivity index (χ3n) is 4.51. The fraction of sp³-hybridized carbons (Fsp3) is 0.474. The second kappa shape index (κ2) is 8.05. The Kier molecular flexibility index (Phi) is 5.58. The van der Waals surface area contributed by atoms with Gasteiger partial charge in [-0.3, -0.25) is 9.67 Å². The SMILES string of the molecule is CN=C(NCc1ccccc1OC1CCC1)N(C)Cc1cnn(C)c1. The monoisotopic (exact) mass is 341 g/mol. The van der Waals surface area contributed by atoms with E-state index in [0.717, 1.165) is 42.2 Å². The van der Waals surface area contributed by atoms with Crippen LogP contribution in [0.15, 0.2) is 41.7 Å². The number of aliphatic imine (C=N–C) groups is 1. The predicted molar refractivity (Wildman–Crippen MR) is 99.6 cm³/mol. The first-order valence-corrected chi connectivity index (χ1v) is 8.79. The molecule has 2 aromatic rings. The van der Waals surface area contributed by atoms with Crippen molar-refractivity contribution in [1.29, 1.82) is 0 Å². The average Bonchev–Trinajstić information content (AvgIpc) is 2.97. The van der Waals surface area contributed by atoms with Crippen molar-refractivity contribution >= 4 is 5.96 Å². The fourth-order valence-electron chi connectivity index (χ4n) is 2.89. The van der Waals surface area contributed by atoms with Crippen molar-refractivity contribution in [1.82, 2.24) is 20.0 Å². The second-order valence-corrected chi connectivity index (χ2v) is 6.56. The standard InChI is InChI=1S/C19H27N5O/c1-20-19(23(2)13-15-11-22-24(3)14-15)21-12-16-7-4-5-10-18(16)25-17-8-6-9-17/h4-5,7,10-11,14,17H,6,8-9,12-13H2,1-3H3,(H,20,21). The highest BCUT2D eigenvalue weighted by molar-refractivity contribution is 5.79. The Hall–Kier alpha value is -2.50. The molecule has 0 unspecified atom stereocenters. The van der Waals surface area contributed by atoms with Crippen LogP contribution in [0.1, 0.15) is 30.4 Å². The van der Waals surface area contributed by atoms with Crippen LogP contribution < -0.4 is 10.1 Å². The minimum atomic E-state index is 0.383. The summed E-state index contributed by atoms with van der Waals surface area (Å²) in [6.07, 6.45) is 7.89. The number of rotatable bonds is 6. The minimum Gasteiger partial charge on any atom is -0.490 e. The summed E-state index contributed by atoms with van der Waals surface area (Å²) in [5, 5.41) is 7.65. The summed E-state index contributed by atoms with van der Waals surface area (Å²) >= 11 is 0. The van der Waals surface area contributed by atoms with Gasteiger partial charge >= 0.3 is 0 Å². The van der Waals surface area contributed by atoms with Gasteiger partial charge in [0.05, 0.1) is 12.3 Å². The molecule has 1 aliphatic rings. The molecule has 25 heavy (non-hydrogen) atoms. The van der Waals surface area contributed by atoms with E-state index in [4.69, 9.17) is 4.74 Å². The van der Waals surface area contributed by atoms with Crippen LogP contribution in [0.4, 0.5) is 0 Å². The Bertz CT molecular complexity index is 720. The van der Waals surface area contributed by atoms with E-state index in [0.29, 0.717) is 12.6 Å². The lowest BCUT2D eigenvalue weighted by Crippen LogP contribution is -2.38. The lowest BCUT2D eigenvalue weighted by atomic mass is 9.96. The van der Waals surface area contributed by atoms with Gasteiger partial charge in [0.15, 0.2) is 5.96 Å². The molecule has 0 saturated heterocycles. The molecule has 1 fully saturated rings. The van der Waals surface area contributed by atoms with Crippen LogP contribution in [0.25, 0.3) is 0 Å². The maximum absolute atomic E-state index is 6.10. The molecule has 6 nitrogen and oxygen atoms in total. The van der Waals surface area contributed by atoms with Crippen molar-refractivity contribution in [2.24, 2.45) is 12.0 Å². The quantitative estimate of drug-likeness (QED) is 0.648. The lowest BCUT2D eigenvalue weighted by Gasteiger charge is -2.28. The molecule has 0 radical (unpaired) electrons. The van der Waals surface area contributed by atoms with E-state index in [-0.39, 0.29) is 0 Å². The average molecular weight is 341 g/mol. The lowest BCUT2D eigenvalue weighted by molar-refractivity contribution is 0.119. The molecule has 1 aromatic heterocycles. The third kappa shape index (κ3) is 4.53. The van der Waals surface area contributed by atoms with Crippen molar-refractivity contribution in [2.45, 2.75) is 38.5 Å². The molecule has 134 valence electrons. The highest BCUT2D eigenvalue weighted by Crippen LogP contribution is 2.27. The Morgan fingerprint density at radius 3 is 2.84 bits per heavy atom. The molecule has 1 heterocycles. The van der Waals surface area contributed by atoms with E-state index >= 15 is 0 Å². The van der Waals surface area contributed by atoms with E-state index < -0.39 is 0 Å². The molecule has 1 aromatic carbocycles. The summed E-state index contributed by atoms with van der Waals surface area (Å²) in [6.45, 7) is 1.45. The zero-order valence-electron chi connectivity index (χ0n) is 15.3. The fourth-order valence-corrected chi connectivity index (χ4v) is 2.89. The van der Waals surface area contributed by atoms with Crippen LogP contribution >= 0.6 is 0 Å². The number of aromatic nitrogens is 2. The molecular formula is C19H27N5O. The van der Waals surface area contributed by atoms with Gasteiger partial charge in [-0.1, -0.05) is 18.2 Å². The van der Waals surface area contributed by atoms with Crippen molar-refractivity contribution in [3.8, 4) is 5.75 Å². The predicted octanol–water partition coefficient (Wildman–Crippen LogP) is 2.56. The number of nitrogens with zero attached hydrogens (tertiary/aromatic N) is 4. The summed E-state index contributed by atoms with van der Waals surface area (Å²) in [6, 6.07) is 8.24. The molecule has 0 spiro atoms. The summed E-state index contributed by atoms with van der Waals surface area (Å²) in [5.41, 5.74) is 2.31. The van der Waals surface area contributed by atoms with E-state index in [1.165, 1.54) is 6.42 Å². The maximum Gasteiger partial charge on any atom is 0.193 e. The molecule has 3 rings (SSSR count). The van der Waals surface area contributed by atoms with Crippen LogP contribution in [-0.4, -0.2) is 40.8 Å². The Morgan fingerprint density at radius 2 is 2.20 bits per heavy atom. The number of guanidine groups is 1. The first kappa shape index (κ1) is 17.3. The van der Waals surface area contributed by atoms with Crippen molar-refractivity contribution < 1.29 is 4.74 Å². The summed E-state index contributed by atoms with van der Waals surface area (Å²) in [5.74, 6) is 1.83. The molecule has 0 aliphatic heterocycles. The van der Waals surface area contributed by atoms with Gasteiger partial charge in [0.1, 0.15) is 5.75 Å². The van der Waals surface area contributed by atoms with Gasteiger partial charge in [-0.15, -0.1) is 0 Å². The third-order valence-corrected chi connectivity index (χ3v) is 4.51. The zero-order chi connectivity index (χ0) is 17.6. The van der Waals surface area contributed by atoms with Crippen molar-refractivity contribution in [2.75, 3.05) is 14.1 Å². The normalized spacial score (nSPS) is 14.9. The topological polar surface area (TPSA) is 54.7 Å². The number of hydrogen-bond acceptors (Lipinski definition) is 3. The van der Waals surface area contributed by atoms with Gasteiger partial charge in [0.25, 0.3) is 0 Å².